The van der Waals surface area contributed by atoms with E-state index >= 15 is 0 Å². The first kappa shape index (κ1) is 23.0. The van der Waals surface area contributed by atoms with Crippen molar-refractivity contribution in [3.05, 3.63) is 94.9 Å². The van der Waals surface area contributed by atoms with Crippen molar-refractivity contribution in [1.82, 2.24) is 19.7 Å². The maximum Gasteiger partial charge on any atom is 0.273 e. The van der Waals surface area contributed by atoms with Crippen LogP contribution in [0.15, 0.2) is 66.7 Å². The molecule has 0 unspecified atom stereocenters. The van der Waals surface area contributed by atoms with Gasteiger partial charge in [-0.15, -0.1) is 0 Å². The zero-order valence-electron chi connectivity index (χ0n) is 21.0. The fourth-order valence-electron chi connectivity index (χ4n) is 5.29. The lowest BCUT2D eigenvalue weighted by molar-refractivity contribution is 0.102. The summed E-state index contributed by atoms with van der Waals surface area (Å²) in [6.07, 6.45) is 3.35. The molecule has 186 valence electrons. The van der Waals surface area contributed by atoms with Crippen LogP contribution in [-0.4, -0.2) is 32.8 Å². The maximum absolute atomic E-state index is 13.1. The number of nitrogens with one attached hydrogen (secondary N) is 2. The molecule has 1 amide bonds. The van der Waals surface area contributed by atoms with Crippen LogP contribution in [0.2, 0.25) is 0 Å². The highest BCUT2D eigenvalue weighted by molar-refractivity contribution is 6.05. The number of aryl methyl sites for hydroxylation is 4. The van der Waals surface area contributed by atoms with Gasteiger partial charge < -0.3 is 14.6 Å². The van der Waals surface area contributed by atoms with Crippen molar-refractivity contribution in [1.29, 1.82) is 0 Å². The molecular formula is C30H29N5O2. The van der Waals surface area contributed by atoms with E-state index in [4.69, 9.17) is 9.72 Å². The van der Waals surface area contributed by atoms with E-state index in [1.807, 2.05) is 36.4 Å². The van der Waals surface area contributed by atoms with E-state index in [1.54, 1.807) is 7.11 Å². The van der Waals surface area contributed by atoms with Gasteiger partial charge in [-0.3, -0.25) is 9.89 Å². The third kappa shape index (κ3) is 4.27. The first-order chi connectivity index (χ1) is 18.1. The zero-order valence-corrected chi connectivity index (χ0v) is 21.0. The summed E-state index contributed by atoms with van der Waals surface area (Å²) in [5.41, 5.74) is 8.78. The number of nitrogens with zero attached hydrogens (tertiary/aromatic N) is 3. The van der Waals surface area contributed by atoms with Gasteiger partial charge in [-0.2, -0.15) is 5.10 Å². The number of hydrogen-bond acceptors (Lipinski definition) is 4. The average molecular weight is 492 g/mol. The number of para-hydroxylation sites is 2. The Bertz CT molecular complexity index is 1600. The van der Waals surface area contributed by atoms with Crippen molar-refractivity contribution in [2.75, 3.05) is 12.4 Å². The van der Waals surface area contributed by atoms with Crippen LogP contribution < -0.4 is 10.1 Å². The molecule has 0 atom stereocenters. The van der Waals surface area contributed by atoms with Crippen molar-refractivity contribution in [2.24, 2.45) is 0 Å². The fraction of sp³-hybridized carbons (Fsp3) is 0.233. The minimum atomic E-state index is -0.171. The van der Waals surface area contributed by atoms with E-state index in [-0.39, 0.29) is 5.91 Å². The number of methoxy groups -OCH3 is 1. The number of benzene rings is 3. The van der Waals surface area contributed by atoms with Gasteiger partial charge in [0.15, 0.2) is 0 Å². The van der Waals surface area contributed by atoms with Gasteiger partial charge >= 0.3 is 0 Å². The second-order valence-electron chi connectivity index (χ2n) is 9.36. The number of carbonyl (C=O) groups is 1. The molecule has 0 saturated heterocycles. The quantitative estimate of drug-likeness (QED) is 0.311. The Kier molecular flexibility index (Phi) is 5.96. The van der Waals surface area contributed by atoms with Crippen LogP contribution in [0.25, 0.3) is 22.3 Å². The molecule has 2 heterocycles. The van der Waals surface area contributed by atoms with Crippen LogP contribution in [-0.2, 0) is 32.2 Å². The van der Waals surface area contributed by atoms with Crippen molar-refractivity contribution in [3.8, 4) is 17.0 Å². The monoisotopic (exact) mass is 491 g/mol. The van der Waals surface area contributed by atoms with Crippen molar-refractivity contribution < 1.29 is 9.53 Å². The Morgan fingerprint density at radius 2 is 1.89 bits per heavy atom. The van der Waals surface area contributed by atoms with Gasteiger partial charge in [0.05, 0.1) is 23.8 Å². The highest BCUT2D eigenvalue weighted by Crippen LogP contribution is 2.35. The van der Waals surface area contributed by atoms with Crippen molar-refractivity contribution in [3.63, 3.8) is 0 Å². The molecule has 37 heavy (non-hydrogen) atoms. The van der Waals surface area contributed by atoms with Crippen LogP contribution in [0.5, 0.6) is 5.75 Å². The second-order valence-corrected chi connectivity index (χ2v) is 9.36. The Hall–Kier alpha value is -4.39. The lowest BCUT2D eigenvalue weighted by Crippen LogP contribution is -2.16. The van der Waals surface area contributed by atoms with Gasteiger partial charge in [0, 0.05) is 29.8 Å². The van der Waals surface area contributed by atoms with Crippen molar-refractivity contribution in [2.45, 2.75) is 39.2 Å². The second kappa shape index (κ2) is 9.58. The third-order valence-electron chi connectivity index (χ3n) is 7.20. The summed E-state index contributed by atoms with van der Waals surface area (Å²) in [6.45, 7) is 3.06. The highest BCUT2D eigenvalue weighted by Gasteiger charge is 2.25. The minimum absolute atomic E-state index is 0.171. The summed E-state index contributed by atoms with van der Waals surface area (Å²) < 4.78 is 7.63. The molecule has 0 saturated carbocycles. The molecule has 5 aromatic rings. The molecule has 0 fully saturated rings. The molecule has 2 N–H and O–H groups in total. The first-order valence-electron chi connectivity index (χ1n) is 12.7. The van der Waals surface area contributed by atoms with E-state index in [0.29, 0.717) is 5.69 Å². The summed E-state index contributed by atoms with van der Waals surface area (Å²) in [7, 11) is 1.67. The molecule has 0 radical (unpaired) electrons. The fourth-order valence-corrected chi connectivity index (χ4v) is 5.29. The topological polar surface area (TPSA) is 84.8 Å². The molecule has 0 aliphatic heterocycles. The number of ether oxygens (including phenoxy) is 1. The molecule has 6 rings (SSSR count). The highest BCUT2D eigenvalue weighted by atomic mass is 16.5. The zero-order chi connectivity index (χ0) is 25.4. The maximum atomic E-state index is 13.1. The predicted octanol–water partition coefficient (Wildman–Crippen LogP) is 5.59. The number of carbonyl (C=O) groups excluding carboxylic acids is 1. The summed E-state index contributed by atoms with van der Waals surface area (Å²) in [4.78, 5) is 17.9. The Labute approximate surface area is 215 Å². The molecule has 0 spiro atoms. The number of H-pyrrole nitrogens is 1. The van der Waals surface area contributed by atoms with E-state index in [0.717, 1.165) is 71.8 Å². The van der Waals surface area contributed by atoms with Crippen LogP contribution in [0.3, 0.4) is 0 Å². The van der Waals surface area contributed by atoms with Crippen LogP contribution in [0, 0.1) is 0 Å². The van der Waals surface area contributed by atoms with Gasteiger partial charge in [0.1, 0.15) is 17.3 Å². The number of fused-ring (bicyclic) bond motifs is 4. The number of hydrogen-bond donors (Lipinski definition) is 2. The minimum Gasteiger partial charge on any atom is -0.497 e. The molecular weight excluding hydrogens is 462 g/mol. The summed E-state index contributed by atoms with van der Waals surface area (Å²) in [5.74, 6) is 1.77. The van der Waals surface area contributed by atoms with Gasteiger partial charge in [-0.25, -0.2) is 4.98 Å². The van der Waals surface area contributed by atoms with E-state index in [2.05, 4.69) is 57.3 Å². The number of amides is 1. The predicted molar refractivity (Wildman–Crippen MR) is 145 cm³/mol. The molecule has 7 heteroatoms. The molecule has 1 aliphatic carbocycles. The Morgan fingerprint density at radius 3 is 2.70 bits per heavy atom. The number of aromatic amines is 1. The number of imidazole rings is 1. The standard InChI is InChI=1S/C30H29N5O2/c1-3-35-26-7-5-4-6-25(26)32-27(35)17-10-19-8-12-21(13-9-19)31-30(36)29-24-15-11-20-18-22(37-2)14-16-23(20)28(24)33-34-29/h4-9,12-14,16,18H,3,10-11,15,17H2,1-2H3,(H,31,36)(H,33,34). The summed E-state index contributed by atoms with van der Waals surface area (Å²) >= 11 is 0. The smallest absolute Gasteiger partial charge is 0.273 e. The summed E-state index contributed by atoms with van der Waals surface area (Å²) in [6, 6.07) is 22.3. The van der Waals surface area contributed by atoms with E-state index < -0.39 is 0 Å². The average Bonchev–Trinajstić information content (AvgIpc) is 3.53. The summed E-state index contributed by atoms with van der Waals surface area (Å²) in [5, 5.41) is 10.5. The molecule has 7 nitrogen and oxygen atoms in total. The number of anilines is 1. The lowest BCUT2D eigenvalue weighted by Gasteiger charge is -2.17. The Balaban J connectivity index is 1.13. The Morgan fingerprint density at radius 1 is 1.05 bits per heavy atom. The largest absolute Gasteiger partial charge is 0.497 e. The molecule has 1 aliphatic rings. The lowest BCUT2D eigenvalue weighted by atomic mass is 9.89. The molecule has 3 aromatic carbocycles. The number of rotatable bonds is 7. The van der Waals surface area contributed by atoms with Crippen molar-refractivity contribution >= 4 is 22.6 Å². The van der Waals surface area contributed by atoms with Crippen LogP contribution >= 0.6 is 0 Å². The molecule has 2 aromatic heterocycles. The number of aromatic nitrogens is 4. The molecule has 0 bridgehead atoms. The SMILES string of the molecule is CCn1c(CCc2ccc(NC(=O)c3[nH]nc4c3CCc3cc(OC)ccc3-4)cc2)nc2ccccc21. The van der Waals surface area contributed by atoms with Gasteiger partial charge in [0.25, 0.3) is 5.91 Å². The van der Waals surface area contributed by atoms with Crippen LogP contribution in [0.1, 0.15) is 39.9 Å². The van der Waals surface area contributed by atoms with Gasteiger partial charge in [0.2, 0.25) is 0 Å². The third-order valence-corrected chi connectivity index (χ3v) is 7.20. The normalized spacial score (nSPS) is 12.3. The van der Waals surface area contributed by atoms with Gasteiger partial charge in [-0.05, 0) is 79.8 Å². The van der Waals surface area contributed by atoms with Gasteiger partial charge in [-0.1, -0.05) is 24.3 Å². The first-order valence-corrected chi connectivity index (χ1v) is 12.7. The van der Waals surface area contributed by atoms with E-state index in [9.17, 15) is 4.79 Å². The van der Waals surface area contributed by atoms with Crippen LogP contribution in [0.4, 0.5) is 5.69 Å². The van der Waals surface area contributed by atoms with E-state index in [1.165, 1.54) is 16.6 Å².